The number of rotatable bonds is 1. The van der Waals surface area contributed by atoms with Crippen LogP contribution < -0.4 is 0 Å². The molecule has 24 heavy (non-hydrogen) atoms. The molecule has 0 unspecified atom stereocenters. The zero-order valence-electron chi connectivity index (χ0n) is 11.3. The maximum absolute atomic E-state index is 13.0. The monoisotopic (exact) mass is 359 g/mol. The molecule has 0 saturated heterocycles. The van der Waals surface area contributed by atoms with E-state index in [-0.39, 0.29) is 6.07 Å². The summed E-state index contributed by atoms with van der Waals surface area (Å²) in [4.78, 5) is 3.41. The molecule has 1 nitrogen and oxygen atoms in total. The van der Waals surface area contributed by atoms with E-state index in [2.05, 4.69) is 4.98 Å². The molecule has 0 spiro atoms. The number of alkyl halides is 9. The van der Waals surface area contributed by atoms with Gasteiger partial charge in [-0.1, -0.05) is 6.07 Å². The Morgan fingerprint density at radius 2 is 1.17 bits per heavy atom. The fraction of sp³-hybridized carbons (Fsp3) is 0.214. The Labute approximate surface area is 128 Å². The second-order valence-electron chi connectivity index (χ2n) is 4.68. The van der Waals surface area contributed by atoms with Gasteiger partial charge in [0, 0.05) is 11.8 Å². The number of aromatic nitrogens is 1. The van der Waals surface area contributed by atoms with Gasteiger partial charge in [0.1, 0.15) is 0 Å². The van der Waals surface area contributed by atoms with Crippen molar-refractivity contribution in [2.75, 3.05) is 0 Å². The first-order chi connectivity index (χ1) is 10.8. The van der Waals surface area contributed by atoms with Crippen LogP contribution in [0.1, 0.15) is 16.7 Å². The molecule has 0 bridgehead atoms. The summed E-state index contributed by atoms with van der Waals surface area (Å²) in [5.74, 6) is 0. The van der Waals surface area contributed by atoms with Gasteiger partial charge < -0.3 is 0 Å². The van der Waals surface area contributed by atoms with Gasteiger partial charge in [0.25, 0.3) is 0 Å². The summed E-state index contributed by atoms with van der Waals surface area (Å²) in [7, 11) is 0. The summed E-state index contributed by atoms with van der Waals surface area (Å²) in [5, 5.41) is 0. The molecule has 1 heterocycles. The Bertz CT molecular complexity index is 741. The molecular formula is C14H6F9N. The van der Waals surface area contributed by atoms with Crippen LogP contribution in [-0.4, -0.2) is 4.98 Å². The second-order valence-corrected chi connectivity index (χ2v) is 4.68. The number of halogens is 9. The van der Waals surface area contributed by atoms with Crippen molar-refractivity contribution in [2.45, 2.75) is 18.5 Å². The van der Waals surface area contributed by atoms with Crippen LogP contribution in [0.25, 0.3) is 11.3 Å². The quantitative estimate of drug-likeness (QED) is 0.586. The largest absolute Gasteiger partial charge is 0.417 e. The van der Waals surface area contributed by atoms with Gasteiger partial charge in [-0.15, -0.1) is 0 Å². The van der Waals surface area contributed by atoms with Crippen LogP contribution in [0.3, 0.4) is 0 Å². The van der Waals surface area contributed by atoms with Gasteiger partial charge in [0.05, 0.1) is 22.4 Å². The first kappa shape index (κ1) is 18.1. The van der Waals surface area contributed by atoms with E-state index >= 15 is 0 Å². The lowest BCUT2D eigenvalue weighted by Crippen LogP contribution is -2.12. The Balaban J connectivity index is 2.67. The van der Waals surface area contributed by atoms with Gasteiger partial charge in [0.2, 0.25) is 0 Å². The van der Waals surface area contributed by atoms with E-state index < -0.39 is 46.5 Å². The topological polar surface area (TPSA) is 12.9 Å². The maximum Gasteiger partial charge on any atom is 0.417 e. The van der Waals surface area contributed by atoms with Crippen LogP contribution in [0.15, 0.2) is 36.5 Å². The first-order valence-electron chi connectivity index (χ1n) is 6.12. The number of pyridine rings is 1. The van der Waals surface area contributed by atoms with Crippen molar-refractivity contribution in [3.05, 3.63) is 53.2 Å². The van der Waals surface area contributed by atoms with E-state index in [0.29, 0.717) is 30.5 Å². The normalized spacial score (nSPS) is 13.2. The summed E-state index contributed by atoms with van der Waals surface area (Å²) in [5.41, 5.74) is -6.15. The molecule has 0 radical (unpaired) electrons. The molecule has 2 aromatic rings. The lowest BCUT2D eigenvalue weighted by molar-refractivity contribution is -0.142. The fourth-order valence-electron chi connectivity index (χ4n) is 1.93. The summed E-state index contributed by atoms with van der Waals surface area (Å²) < 4.78 is 115. The van der Waals surface area contributed by atoms with Gasteiger partial charge in [-0.2, -0.15) is 39.5 Å². The molecule has 130 valence electrons. The molecule has 0 atom stereocenters. The van der Waals surface area contributed by atoms with Crippen LogP contribution in [0.5, 0.6) is 0 Å². The van der Waals surface area contributed by atoms with Crippen LogP contribution in [-0.2, 0) is 18.5 Å². The van der Waals surface area contributed by atoms with Crippen molar-refractivity contribution in [1.82, 2.24) is 4.98 Å². The highest BCUT2D eigenvalue weighted by Crippen LogP contribution is 2.41. The molecule has 0 aliphatic rings. The van der Waals surface area contributed by atoms with Gasteiger partial charge in [-0.3, -0.25) is 4.98 Å². The van der Waals surface area contributed by atoms with Gasteiger partial charge >= 0.3 is 18.5 Å². The Morgan fingerprint density at radius 3 is 1.67 bits per heavy atom. The van der Waals surface area contributed by atoms with Gasteiger partial charge in [-0.25, -0.2) is 0 Å². The molecule has 0 fully saturated rings. The molecule has 0 N–H and O–H groups in total. The smallest absolute Gasteiger partial charge is 0.256 e. The third-order valence-electron chi connectivity index (χ3n) is 3.02. The SMILES string of the molecule is FC(F)(F)c1ccnc(-c2ccc(C(F)(F)F)cc2C(F)(F)F)c1. The number of hydrogen-bond acceptors (Lipinski definition) is 1. The van der Waals surface area contributed by atoms with E-state index in [1.54, 1.807) is 0 Å². The zero-order valence-corrected chi connectivity index (χ0v) is 11.3. The second kappa shape index (κ2) is 5.67. The van der Waals surface area contributed by atoms with E-state index in [4.69, 9.17) is 0 Å². The Morgan fingerprint density at radius 1 is 0.625 bits per heavy atom. The van der Waals surface area contributed by atoms with Crippen molar-refractivity contribution in [3.8, 4) is 11.3 Å². The van der Waals surface area contributed by atoms with E-state index in [0.717, 1.165) is 0 Å². The highest BCUT2D eigenvalue weighted by atomic mass is 19.4. The molecule has 0 aliphatic heterocycles. The Kier molecular flexibility index (Phi) is 4.28. The van der Waals surface area contributed by atoms with E-state index in [1.165, 1.54) is 0 Å². The molecule has 0 saturated carbocycles. The number of nitrogens with zero attached hydrogens (tertiary/aromatic N) is 1. The van der Waals surface area contributed by atoms with Crippen molar-refractivity contribution in [3.63, 3.8) is 0 Å². The van der Waals surface area contributed by atoms with E-state index in [9.17, 15) is 39.5 Å². The van der Waals surface area contributed by atoms with Gasteiger partial charge in [0.15, 0.2) is 0 Å². The van der Waals surface area contributed by atoms with Gasteiger partial charge in [-0.05, 0) is 24.3 Å². The van der Waals surface area contributed by atoms with Crippen LogP contribution in [0.4, 0.5) is 39.5 Å². The molecule has 1 aromatic carbocycles. The molecule has 0 aliphatic carbocycles. The zero-order chi connectivity index (χ0) is 18.3. The average molecular weight is 359 g/mol. The highest BCUT2D eigenvalue weighted by molar-refractivity contribution is 5.66. The fourth-order valence-corrected chi connectivity index (χ4v) is 1.93. The standard InChI is InChI=1S/C14H6F9N/c15-12(16,17)7-1-2-9(10(5-7)14(21,22)23)11-6-8(3-4-24-11)13(18,19)20/h1-6H. The number of benzene rings is 1. The number of hydrogen-bond donors (Lipinski definition) is 0. The third kappa shape index (κ3) is 3.80. The molecular weight excluding hydrogens is 353 g/mol. The summed E-state index contributed by atoms with van der Waals surface area (Å²) in [6.45, 7) is 0. The average Bonchev–Trinajstić information content (AvgIpc) is 2.44. The predicted molar refractivity (Wildman–Crippen MR) is 64.7 cm³/mol. The van der Waals surface area contributed by atoms with Crippen molar-refractivity contribution in [1.29, 1.82) is 0 Å². The minimum Gasteiger partial charge on any atom is -0.256 e. The van der Waals surface area contributed by atoms with Crippen molar-refractivity contribution >= 4 is 0 Å². The highest BCUT2D eigenvalue weighted by Gasteiger charge is 2.39. The third-order valence-corrected chi connectivity index (χ3v) is 3.02. The first-order valence-corrected chi connectivity index (χ1v) is 6.12. The van der Waals surface area contributed by atoms with Crippen molar-refractivity contribution in [2.24, 2.45) is 0 Å². The van der Waals surface area contributed by atoms with Crippen LogP contribution in [0, 0.1) is 0 Å². The maximum atomic E-state index is 13.0. The summed E-state index contributed by atoms with van der Waals surface area (Å²) in [6.07, 6.45) is -14.4. The van der Waals surface area contributed by atoms with Crippen LogP contribution >= 0.6 is 0 Å². The lowest BCUT2D eigenvalue weighted by Gasteiger charge is -2.16. The minimum atomic E-state index is -5.20. The summed E-state index contributed by atoms with van der Waals surface area (Å²) in [6, 6.07) is 1.54. The molecule has 1 aromatic heterocycles. The predicted octanol–water partition coefficient (Wildman–Crippen LogP) is 5.81. The van der Waals surface area contributed by atoms with Crippen LogP contribution in [0.2, 0.25) is 0 Å². The molecule has 0 amide bonds. The molecule has 2 rings (SSSR count). The minimum absolute atomic E-state index is 0.155. The van der Waals surface area contributed by atoms with Crippen molar-refractivity contribution < 1.29 is 39.5 Å². The summed E-state index contributed by atoms with van der Waals surface area (Å²) >= 11 is 0. The Hall–Kier alpha value is -2.26. The molecule has 10 heteroatoms. The lowest BCUT2D eigenvalue weighted by atomic mass is 9.99. The van der Waals surface area contributed by atoms with E-state index in [1.807, 2.05) is 0 Å².